The molecule has 27 heavy (non-hydrogen) atoms. The summed E-state index contributed by atoms with van der Waals surface area (Å²) >= 11 is 0. The smallest absolute Gasteiger partial charge is 0.128 e. The van der Waals surface area contributed by atoms with Crippen LogP contribution in [0.1, 0.15) is 66.7 Å². The number of ether oxygens (including phenoxy) is 2. The van der Waals surface area contributed by atoms with Gasteiger partial charge in [0, 0.05) is 23.8 Å². The summed E-state index contributed by atoms with van der Waals surface area (Å²) in [6.07, 6.45) is 8.60. The van der Waals surface area contributed by atoms with Crippen molar-refractivity contribution in [3.63, 3.8) is 0 Å². The molecule has 2 unspecified atom stereocenters. The van der Waals surface area contributed by atoms with Gasteiger partial charge >= 0.3 is 0 Å². The van der Waals surface area contributed by atoms with Crippen LogP contribution >= 0.6 is 0 Å². The van der Waals surface area contributed by atoms with Gasteiger partial charge < -0.3 is 19.8 Å². The van der Waals surface area contributed by atoms with Gasteiger partial charge in [0.1, 0.15) is 12.4 Å². The summed E-state index contributed by atoms with van der Waals surface area (Å²) in [6, 6.07) is 8.52. The van der Waals surface area contributed by atoms with Gasteiger partial charge in [-0.05, 0) is 60.6 Å². The molecule has 0 amide bonds. The lowest BCUT2D eigenvalue weighted by Crippen LogP contribution is -2.22. The van der Waals surface area contributed by atoms with Gasteiger partial charge in [-0.25, -0.2) is 0 Å². The van der Waals surface area contributed by atoms with Crippen LogP contribution in [0.2, 0.25) is 0 Å². The number of rotatable bonds is 6. The Hall–Kier alpha value is -2.46. The number of aromatic amines is 1. The molecular formula is C23H28N2O2. The first-order chi connectivity index (χ1) is 13.2. The Morgan fingerprint density at radius 1 is 1.37 bits per heavy atom. The molecule has 0 bridgehead atoms. The first-order valence-corrected chi connectivity index (χ1v) is 9.80. The lowest BCUT2D eigenvalue weighted by molar-refractivity contribution is 0.231. The number of hydrogen-bond acceptors (Lipinski definition) is 3. The predicted octanol–water partition coefficient (Wildman–Crippen LogP) is 5.16. The second kappa shape index (κ2) is 7.65. The van der Waals surface area contributed by atoms with E-state index in [1.807, 2.05) is 18.4 Å². The molecule has 4 heteroatoms. The van der Waals surface area contributed by atoms with E-state index in [-0.39, 0.29) is 6.04 Å². The molecule has 2 atom stereocenters. The van der Waals surface area contributed by atoms with Crippen LogP contribution in [0.25, 0.3) is 11.6 Å². The van der Waals surface area contributed by atoms with Crippen molar-refractivity contribution in [3.05, 3.63) is 64.7 Å². The van der Waals surface area contributed by atoms with Crippen LogP contribution in [0.4, 0.5) is 0 Å². The van der Waals surface area contributed by atoms with Gasteiger partial charge in [0.15, 0.2) is 0 Å². The van der Waals surface area contributed by atoms with Crippen LogP contribution in [-0.4, -0.2) is 18.6 Å². The van der Waals surface area contributed by atoms with Gasteiger partial charge in [-0.1, -0.05) is 25.1 Å². The molecule has 2 heterocycles. The maximum atomic E-state index is 5.50. The Kier molecular flexibility index (Phi) is 5.08. The summed E-state index contributed by atoms with van der Waals surface area (Å²) in [5.41, 5.74) is 7.90. The second-order valence-electron chi connectivity index (χ2n) is 7.37. The van der Waals surface area contributed by atoms with Crippen molar-refractivity contribution < 1.29 is 9.47 Å². The van der Waals surface area contributed by atoms with Gasteiger partial charge in [0.05, 0.1) is 19.1 Å². The van der Waals surface area contributed by atoms with E-state index in [9.17, 15) is 0 Å². The first kappa shape index (κ1) is 17.9. The summed E-state index contributed by atoms with van der Waals surface area (Å²) in [6.45, 7) is 5.95. The number of H-pyrrole nitrogens is 1. The van der Waals surface area contributed by atoms with Crippen LogP contribution < -0.4 is 10.1 Å². The maximum Gasteiger partial charge on any atom is 0.128 e. The van der Waals surface area contributed by atoms with E-state index in [4.69, 9.17) is 9.47 Å². The third-order valence-corrected chi connectivity index (χ3v) is 5.78. The highest BCUT2D eigenvalue weighted by molar-refractivity contribution is 5.76. The van der Waals surface area contributed by atoms with Crippen molar-refractivity contribution in [2.24, 2.45) is 0 Å². The minimum absolute atomic E-state index is 0.251. The normalized spacial score (nSPS) is 18.9. The average molecular weight is 364 g/mol. The fourth-order valence-electron chi connectivity index (χ4n) is 4.14. The van der Waals surface area contributed by atoms with Crippen molar-refractivity contribution in [1.29, 1.82) is 0 Å². The van der Waals surface area contributed by atoms with Crippen molar-refractivity contribution >= 4 is 11.6 Å². The molecule has 0 saturated heterocycles. The van der Waals surface area contributed by atoms with E-state index in [0.29, 0.717) is 12.5 Å². The van der Waals surface area contributed by atoms with Crippen LogP contribution in [0.3, 0.4) is 0 Å². The Labute approximate surface area is 161 Å². The minimum atomic E-state index is 0.251. The fourth-order valence-corrected chi connectivity index (χ4v) is 4.14. The molecule has 1 aliphatic carbocycles. The molecule has 2 aliphatic rings. The Balaban J connectivity index is 1.54. The number of nitrogens with one attached hydrogen (secondary N) is 2. The van der Waals surface area contributed by atoms with E-state index in [2.05, 4.69) is 48.4 Å². The summed E-state index contributed by atoms with van der Waals surface area (Å²) in [5.74, 6) is 1.48. The third-order valence-electron chi connectivity index (χ3n) is 5.78. The molecule has 4 nitrogen and oxygen atoms in total. The van der Waals surface area contributed by atoms with E-state index in [1.54, 1.807) is 7.11 Å². The van der Waals surface area contributed by atoms with Gasteiger partial charge in [-0.15, -0.1) is 0 Å². The van der Waals surface area contributed by atoms with E-state index < -0.39 is 0 Å². The third kappa shape index (κ3) is 3.42. The molecule has 0 fully saturated rings. The standard InChI is InChI=1S/C23H28N2O2/c1-4-16-8-9-18(23-22(16)20-10-11-27-14-21(20)25-23)13-24-15(2)17-6-5-7-19(12-17)26-3/h5-7,9-12,15-16,24-25H,4,8,13-14H2,1-3H3. The van der Waals surface area contributed by atoms with Crippen LogP contribution in [-0.2, 0) is 11.3 Å². The van der Waals surface area contributed by atoms with Crippen molar-refractivity contribution in [1.82, 2.24) is 10.3 Å². The van der Waals surface area contributed by atoms with Crippen LogP contribution in [0.5, 0.6) is 5.75 Å². The molecule has 1 aromatic carbocycles. The van der Waals surface area contributed by atoms with Gasteiger partial charge in [-0.2, -0.15) is 0 Å². The lowest BCUT2D eigenvalue weighted by atomic mass is 9.83. The maximum absolute atomic E-state index is 5.50. The minimum Gasteiger partial charge on any atom is -0.497 e. The molecular weight excluding hydrogens is 336 g/mol. The van der Waals surface area contributed by atoms with Gasteiger partial charge in [0.25, 0.3) is 0 Å². The van der Waals surface area contributed by atoms with Crippen molar-refractivity contribution in [2.45, 2.75) is 45.3 Å². The number of benzene rings is 1. The molecule has 1 aliphatic heterocycles. The van der Waals surface area contributed by atoms with Crippen molar-refractivity contribution in [2.75, 3.05) is 13.7 Å². The Morgan fingerprint density at radius 2 is 2.26 bits per heavy atom. The molecule has 2 aromatic rings. The van der Waals surface area contributed by atoms with Crippen LogP contribution in [0, 0.1) is 0 Å². The second-order valence-corrected chi connectivity index (χ2v) is 7.37. The quantitative estimate of drug-likeness (QED) is 0.744. The Bertz CT molecular complexity index is 878. The van der Waals surface area contributed by atoms with Gasteiger partial charge in [-0.3, -0.25) is 0 Å². The molecule has 4 rings (SSSR count). The zero-order valence-corrected chi connectivity index (χ0v) is 16.3. The molecule has 142 valence electrons. The molecule has 2 N–H and O–H groups in total. The highest BCUT2D eigenvalue weighted by Crippen LogP contribution is 2.41. The number of allylic oxidation sites excluding steroid dienone is 1. The van der Waals surface area contributed by atoms with Gasteiger partial charge in [0.2, 0.25) is 0 Å². The summed E-state index contributed by atoms with van der Waals surface area (Å²) in [5, 5.41) is 3.68. The van der Waals surface area contributed by atoms with Crippen molar-refractivity contribution in [3.8, 4) is 5.75 Å². The molecule has 0 saturated carbocycles. The first-order valence-electron chi connectivity index (χ1n) is 9.80. The largest absolute Gasteiger partial charge is 0.497 e. The van der Waals surface area contributed by atoms with E-state index in [1.165, 1.54) is 33.7 Å². The highest BCUT2D eigenvalue weighted by atomic mass is 16.5. The monoisotopic (exact) mass is 364 g/mol. The topological polar surface area (TPSA) is 46.3 Å². The average Bonchev–Trinajstić information content (AvgIpc) is 3.12. The fraction of sp³-hybridized carbons (Fsp3) is 0.391. The Morgan fingerprint density at radius 3 is 3.07 bits per heavy atom. The SMILES string of the molecule is CCC1CC=C(CNC(C)c2cccc(OC)c2)c2[nH]c3c(c21)C=COC3. The number of fused-ring (bicyclic) bond motifs is 3. The molecule has 1 aromatic heterocycles. The molecule has 0 spiro atoms. The summed E-state index contributed by atoms with van der Waals surface area (Å²) in [7, 11) is 1.71. The molecule has 0 radical (unpaired) electrons. The zero-order chi connectivity index (χ0) is 18.8. The van der Waals surface area contributed by atoms with E-state index >= 15 is 0 Å². The summed E-state index contributed by atoms with van der Waals surface area (Å²) < 4.78 is 10.9. The lowest BCUT2D eigenvalue weighted by Gasteiger charge is -2.24. The number of aromatic nitrogens is 1. The zero-order valence-electron chi connectivity index (χ0n) is 16.3. The highest BCUT2D eigenvalue weighted by Gasteiger charge is 2.28. The number of hydrogen-bond donors (Lipinski definition) is 2. The van der Waals surface area contributed by atoms with E-state index in [0.717, 1.165) is 25.1 Å². The summed E-state index contributed by atoms with van der Waals surface area (Å²) in [4.78, 5) is 3.65. The predicted molar refractivity (Wildman–Crippen MR) is 110 cm³/mol. The number of methoxy groups -OCH3 is 1. The van der Waals surface area contributed by atoms with Crippen LogP contribution in [0.15, 0.2) is 36.6 Å².